The molecule has 0 aromatic carbocycles. The average Bonchev–Trinajstić information content (AvgIpc) is 2.30. The molecule has 0 aliphatic carbocycles. The van der Waals surface area contributed by atoms with Crippen molar-refractivity contribution in [2.45, 2.75) is 32.2 Å². The number of amides is 1. The molecule has 4 nitrogen and oxygen atoms in total. The van der Waals surface area contributed by atoms with Crippen LogP contribution in [0.2, 0.25) is 0 Å². The van der Waals surface area contributed by atoms with E-state index in [1.165, 1.54) is 0 Å². The first kappa shape index (κ1) is 19.0. The maximum atomic E-state index is 12.3. The molecule has 1 N–H and O–H groups in total. The Labute approximate surface area is 129 Å². The molecule has 0 saturated carbocycles. The number of nitrogens with one attached hydrogen (secondary N) is 1. The van der Waals surface area contributed by atoms with Gasteiger partial charge in [-0.1, -0.05) is 0 Å². The standard InChI is InChI=1S/C13H25N3O.2ClH/c1-11-10-15(2)7-8-16(11)13(17)9-12-3-5-14-6-4-12;;/h11-12,14H,3-10H2,1-2H3;2*1H. The minimum atomic E-state index is 0. The van der Waals surface area contributed by atoms with E-state index >= 15 is 0 Å². The molecule has 1 unspecified atom stereocenters. The van der Waals surface area contributed by atoms with Gasteiger partial charge in [0.2, 0.25) is 5.91 Å². The lowest BCUT2D eigenvalue weighted by atomic mass is 9.93. The third-order valence-electron chi connectivity index (χ3n) is 4.07. The van der Waals surface area contributed by atoms with Gasteiger partial charge in [-0.3, -0.25) is 4.79 Å². The Balaban J connectivity index is 0.00000162. The first-order chi connectivity index (χ1) is 8.16. The summed E-state index contributed by atoms with van der Waals surface area (Å²) in [4.78, 5) is 16.7. The number of piperidine rings is 1. The van der Waals surface area contributed by atoms with E-state index in [4.69, 9.17) is 0 Å². The normalized spacial score (nSPS) is 25.4. The fourth-order valence-electron chi connectivity index (χ4n) is 2.96. The van der Waals surface area contributed by atoms with Crippen LogP contribution in [-0.4, -0.2) is 61.5 Å². The van der Waals surface area contributed by atoms with Crippen LogP contribution in [0.4, 0.5) is 0 Å². The predicted molar refractivity (Wildman–Crippen MR) is 83.4 cm³/mol. The summed E-state index contributed by atoms with van der Waals surface area (Å²) in [6.07, 6.45) is 3.08. The van der Waals surface area contributed by atoms with Gasteiger partial charge in [0.15, 0.2) is 0 Å². The van der Waals surface area contributed by atoms with Crippen molar-refractivity contribution in [2.75, 3.05) is 39.8 Å². The maximum Gasteiger partial charge on any atom is 0.223 e. The number of halogens is 2. The van der Waals surface area contributed by atoms with Crippen molar-refractivity contribution in [3.8, 4) is 0 Å². The molecular formula is C13H27Cl2N3O. The van der Waals surface area contributed by atoms with Gasteiger partial charge in [0.1, 0.15) is 0 Å². The molecule has 1 amide bonds. The van der Waals surface area contributed by atoms with Gasteiger partial charge >= 0.3 is 0 Å². The van der Waals surface area contributed by atoms with E-state index < -0.39 is 0 Å². The van der Waals surface area contributed by atoms with Crippen LogP contribution >= 0.6 is 24.8 Å². The lowest BCUT2D eigenvalue weighted by molar-refractivity contribution is -0.136. The molecule has 2 aliphatic rings. The number of rotatable bonds is 2. The van der Waals surface area contributed by atoms with E-state index in [0.29, 0.717) is 17.9 Å². The van der Waals surface area contributed by atoms with Crippen LogP contribution in [0.5, 0.6) is 0 Å². The molecule has 2 rings (SSSR count). The molecule has 2 aliphatic heterocycles. The third-order valence-corrected chi connectivity index (χ3v) is 4.07. The highest BCUT2D eigenvalue weighted by Gasteiger charge is 2.27. The summed E-state index contributed by atoms with van der Waals surface area (Å²) in [5, 5.41) is 3.35. The Morgan fingerprint density at radius 1 is 1.21 bits per heavy atom. The van der Waals surface area contributed by atoms with Crippen molar-refractivity contribution in [1.29, 1.82) is 0 Å². The summed E-state index contributed by atoms with van der Waals surface area (Å²) in [6, 6.07) is 0.378. The van der Waals surface area contributed by atoms with Crippen LogP contribution in [-0.2, 0) is 4.79 Å². The van der Waals surface area contributed by atoms with Crippen LogP contribution in [0.3, 0.4) is 0 Å². The first-order valence-electron chi connectivity index (χ1n) is 6.85. The fraction of sp³-hybridized carbons (Fsp3) is 0.923. The van der Waals surface area contributed by atoms with Crippen LogP contribution in [0.15, 0.2) is 0 Å². The van der Waals surface area contributed by atoms with E-state index in [2.05, 4.69) is 29.1 Å². The Bertz CT molecular complexity index is 273. The summed E-state index contributed by atoms with van der Waals surface area (Å²) >= 11 is 0. The first-order valence-corrected chi connectivity index (χ1v) is 6.85. The van der Waals surface area contributed by atoms with E-state index in [9.17, 15) is 4.79 Å². The molecule has 0 radical (unpaired) electrons. The molecule has 2 fully saturated rings. The molecule has 114 valence electrons. The minimum Gasteiger partial charge on any atom is -0.337 e. The van der Waals surface area contributed by atoms with Crippen LogP contribution in [0.1, 0.15) is 26.2 Å². The molecular weight excluding hydrogens is 285 g/mol. The molecule has 0 bridgehead atoms. The highest BCUT2D eigenvalue weighted by Crippen LogP contribution is 2.19. The zero-order valence-electron chi connectivity index (χ0n) is 11.9. The van der Waals surface area contributed by atoms with Gasteiger partial charge in [-0.05, 0) is 45.8 Å². The lowest BCUT2D eigenvalue weighted by Gasteiger charge is -2.39. The third kappa shape index (κ3) is 5.46. The second-order valence-corrected chi connectivity index (χ2v) is 5.60. The fourth-order valence-corrected chi connectivity index (χ4v) is 2.96. The largest absolute Gasteiger partial charge is 0.337 e. The number of nitrogens with zero attached hydrogens (tertiary/aromatic N) is 2. The number of piperazine rings is 1. The molecule has 1 atom stereocenters. The topological polar surface area (TPSA) is 35.6 Å². The zero-order chi connectivity index (χ0) is 12.3. The summed E-state index contributed by atoms with van der Waals surface area (Å²) in [6.45, 7) is 7.25. The smallest absolute Gasteiger partial charge is 0.223 e. The average molecular weight is 312 g/mol. The molecule has 2 heterocycles. The number of carbonyl (C=O) groups excluding carboxylic acids is 1. The molecule has 2 saturated heterocycles. The van der Waals surface area contributed by atoms with Crippen LogP contribution < -0.4 is 5.32 Å². The quantitative estimate of drug-likeness (QED) is 0.837. The van der Waals surface area contributed by atoms with Crippen LogP contribution in [0.25, 0.3) is 0 Å². The number of hydrogen-bond acceptors (Lipinski definition) is 3. The van der Waals surface area contributed by atoms with Crippen molar-refractivity contribution in [2.24, 2.45) is 5.92 Å². The second kappa shape index (κ2) is 9.01. The second-order valence-electron chi connectivity index (χ2n) is 5.60. The monoisotopic (exact) mass is 311 g/mol. The Hall–Kier alpha value is -0.0300. The Morgan fingerprint density at radius 3 is 2.42 bits per heavy atom. The van der Waals surface area contributed by atoms with Gasteiger partial charge in [0, 0.05) is 32.1 Å². The van der Waals surface area contributed by atoms with Gasteiger partial charge in [-0.15, -0.1) is 24.8 Å². The Kier molecular flexibility index (Phi) is 8.99. The zero-order valence-corrected chi connectivity index (χ0v) is 13.6. The van der Waals surface area contributed by atoms with Gasteiger partial charge in [-0.25, -0.2) is 0 Å². The minimum absolute atomic E-state index is 0. The molecule has 0 spiro atoms. The SMILES string of the molecule is CC1CN(C)CCN1C(=O)CC1CCNCC1.Cl.Cl. The molecule has 6 heteroatoms. The van der Waals surface area contributed by atoms with E-state index in [0.717, 1.165) is 52.0 Å². The van der Waals surface area contributed by atoms with Crippen molar-refractivity contribution in [3.63, 3.8) is 0 Å². The number of likely N-dealkylation sites (N-methyl/N-ethyl adjacent to an activating group) is 1. The predicted octanol–water partition coefficient (Wildman–Crippen LogP) is 1.38. The molecule has 0 aromatic rings. The van der Waals surface area contributed by atoms with Gasteiger partial charge < -0.3 is 15.1 Å². The van der Waals surface area contributed by atoms with E-state index in [1.807, 2.05) is 0 Å². The molecule has 0 aromatic heterocycles. The van der Waals surface area contributed by atoms with Gasteiger partial charge in [0.25, 0.3) is 0 Å². The van der Waals surface area contributed by atoms with Crippen molar-refractivity contribution in [3.05, 3.63) is 0 Å². The molecule has 19 heavy (non-hydrogen) atoms. The maximum absolute atomic E-state index is 12.3. The highest BCUT2D eigenvalue weighted by atomic mass is 35.5. The van der Waals surface area contributed by atoms with Gasteiger partial charge in [0.05, 0.1) is 0 Å². The summed E-state index contributed by atoms with van der Waals surface area (Å²) in [5.41, 5.74) is 0. The number of carbonyl (C=O) groups is 1. The summed E-state index contributed by atoms with van der Waals surface area (Å²) in [5.74, 6) is 0.980. The van der Waals surface area contributed by atoms with E-state index in [1.54, 1.807) is 0 Å². The summed E-state index contributed by atoms with van der Waals surface area (Å²) < 4.78 is 0. The highest BCUT2D eigenvalue weighted by molar-refractivity contribution is 5.85. The van der Waals surface area contributed by atoms with Crippen molar-refractivity contribution < 1.29 is 4.79 Å². The summed E-state index contributed by atoms with van der Waals surface area (Å²) in [7, 11) is 2.13. The van der Waals surface area contributed by atoms with Crippen molar-refractivity contribution in [1.82, 2.24) is 15.1 Å². The van der Waals surface area contributed by atoms with Crippen molar-refractivity contribution >= 4 is 30.7 Å². The lowest BCUT2D eigenvalue weighted by Crippen LogP contribution is -2.53. The number of hydrogen-bond donors (Lipinski definition) is 1. The Morgan fingerprint density at radius 2 is 1.84 bits per heavy atom. The van der Waals surface area contributed by atoms with E-state index in [-0.39, 0.29) is 24.8 Å². The van der Waals surface area contributed by atoms with Crippen LogP contribution in [0, 0.1) is 5.92 Å². The van der Waals surface area contributed by atoms with Gasteiger partial charge in [-0.2, -0.15) is 0 Å².